The molecular formula is C22H35NO5. The molecule has 0 aliphatic carbocycles. The topological polar surface area (TPSA) is 73.9 Å². The van der Waals surface area contributed by atoms with Crippen molar-refractivity contribution < 1.29 is 23.8 Å². The molecular weight excluding hydrogens is 358 g/mol. The molecule has 1 rings (SSSR count). The average Bonchev–Trinajstić information content (AvgIpc) is 2.65. The van der Waals surface area contributed by atoms with Crippen LogP contribution in [0.3, 0.4) is 0 Å². The van der Waals surface area contributed by atoms with E-state index in [1.54, 1.807) is 25.1 Å². The van der Waals surface area contributed by atoms with Crippen molar-refractivity contribution in [3.8, 4) is 5.75 Å². The molecule has 0 spiro atoms. The van der Waals surface area contributed by atoms with Gasteiger partial charge in [-0.1, -0.05) is 26.7 Å². The van der Waals surface area contributed by atoms with Gasteiger partial charge in [-0.3, -0.25) is 4.79 Å². The fourth-order valence-corrected chi connectivity index (χ4v) is 2.69. The Balaban J connectivity index is 3.09. The molecule has 6 nitrogen and oxygen atoms in total. The highest BCUT2D eigenvalue weighted by Gasteiger charge is 2.33. The number of esters is 1. The first-order valence-electron chi connectivity index (χ1n) is 10.2. The summed E-state index contributed by atoms with van der Waals surface area (Å²) in [6.45, 7) is 12.2. The van der Waals surface area contributed by atoms with E-state index < -0.39 is 11.6 Å². The number of anilines is 1. The van der Waals surface area contributed by atoms with E-state index in [9.17, 15) is 9.59 Å². The van der Waals surface area contributed by atoms with Crippen LogP contribution in [0.5, 0.6) is 5.75 Å². The third kappa shape index (κ3) is 7.15. The van der Waals surface area contributed by atoms with Gasteiger partial charge < -0.3 is 19.5 Å². The molecule has 1 amide bonds. The quantitative estimate of drug-likeness (QED) is 0.508. The molecule has 0 aromatic heterocycles. The molecule has 0 unspecified atom stereocenters. The zero-order chi connectivity index (χ0) is 21.2. The summed E-state index contributed by atoms with van der Waals surface area (Å²) in [6.07, 6.45) is 3.25. The number of hydrogen-bond acceptors (Lipinski definition) is 5. The normalized spacial score (nSPS) is 13.1. The SMILES string of the molecule is CCCC[C@@](C)(OCCC)C(=O)Nc1ccc(OC(C)C)c(C(=O)OCC)c1. The van der Waals surface area contributed by atoms with Gasteiger partial charge in [-0.05, 0) is 58.7 Å². The molecule has 1 aromatic rings. The molecule has 0 radical (unpaired) electrons. The summed E-state index contributed by atoms with van der Waals surface area (Å²) in [5.41, 5.74) is -0.117. The van der Waals surface area contributed by atoms with Crippen molar-refractivity contribution in [2.24, 2.45) is 0 Å². The molecule has 0 saturated carbocycles. The Kier molecular flexibility index (Phi) is 10.0. The van der Waals surface area contributed by atoms with Gasteiger partial charge in [-0.2, -0.15) is 0 Å². The number of rotatable bonds is 12. The van der Waals surface area contributed by atoms with Crippen molar-refractivity contribution in [3.63, 3.8) is 0 Å². The number of carbonyl (C=O) groups excluding carboxylic acids is 2. The van der Waals surface area contributed by atoms with Crippen LogP contribution in [0.15, 0.2) is 18.2 Å². The molecule has 0 bridgehead atoms. The second kappa shape index (κ2) is 11.7. The summed E-state index contributed by atoms with van der Waals surface area (Å²) >= 11 is 0. The smallest absolute Gasteiger partial charge is 0.341 e. The maximum absolute atomic E-state index is 12.9. The van der Waals surface area contributed by atoms with E-state index in [1.807, 2.05) is 27.7 Å². The Labute approximate surface area is 168 Å². The van der Waals surface area contributed by atoms with Gasteiger partial charge in [0.2, 0.25) is 0 Å². The minimum atomic E-state index is -0.913. The van der Waals surface area contributed by atoms with Crippen LogP contribution in [-0.4, -0.2) is 36.8 Å². The fraction of sp³-hybridized carbons (Fsp3) is 0.636. The third-order valence-electron chi connectivity index (χ3n) is 4.21. The number of carbonyl (C=O) groups is 2. The maximum Gasteiger partial charge on any atom is 0.341 e. The van der Waals surface area contributed by atoms with E-state index in [4.69, 9.17) is 14.2 Å². The van der Waals surface area contributed by atoms with E-state index in [-0.39, 0.29) is 24.2 Å². The van der Waals surface area contributed by atoms with Crippen molar-refractivity contribution in [1.82, 2.24) is 0 Å². The van der Waals surface area contributed by atoms with Crippen molar-refractivity contribution in [2.45, 2.75) is 78.9 Å². The first-order chi connectivity index (χ1) is 13.3. The van der Waals surface area contributed by atoms with Gasteiger partial charge in [0, 0.05) is 12.3 Å². The van der Waals surface area contributed by atoms with Crippen LogP contribution < -0.4 is 10.1 Å². The van der Waals surface area contributed by atoms with E-state index in [0.717, 1.165) is 19.3 Å². The Morgan fingerprint density at radius 1 is 1.14 bits per heavy atom. The Bertz CT molecular complexity index is 634. The van der Waals surface area contributed by atoms with Crippen LogP contribution in [0.1, 0.15) is 77.6 Å². The lowest BCUT2D eigenvalue weighted by molar-refractivity contribution is -0.140. The molecule has 6 heteroatoms. The number of benzene rings is 1. The summed E-state index contributed by atoms with van der Waals surface area (Å²) in [7, 11) is 0. The largest absolute Gasteiger partial charge is 0.490 e. The van der Waals surface area contributed by atoms with Crippen LogP contribution in [0, 0.1) is 0 Å². The van der Waals surface area contributed by atoms with Crippen LogP contribution in [0.2, 0.25) is 0 Å². The van der Waals surface area contributed by atoms with Crippen molar-refractivity contribution >= 4 is 17.6 Å². The third-order valence-corrected chi connectivity index (χ3v) is 4.21. The molecule has 0 saturated heterocycles. The van der Waals surface area contributed by atoms with Gasteiger partial charge in [-0.25, -0.2) is 4.79 Å². The minimum Gasteiger partial charge on any atom is -0.490 e. The average molecular weight is 394 g/mol. The standard InChI is InChI=1S/C22H35NO5/c1-7-10-13-22(6,27-14-8-2)21(25)23-17-11-12-19(28-16(4)5)18(15-17)20(24)26-9-3/h11-12,15-16H,7-10,13-14H2,1-6H3,(H,23,25)/t22-/m1/s1. The maximum atomic E-state index is 12.9. The number of hydrogen-bond donors (Lipinski definition) is 1. The first-order valence-corrected chi connectivity index (χ1v) is 10.2. The molecule has 0 fully saturated rings. The number of nitrogens with one attached hydrogen (secondary N) is 1. The fourth-order valence-electron chi connectivity index (χ4n) is 2.69. The van der Waals surface area contributed by atoms with Crippen molar-refractivity contribution in [1.29, 1.82) is 0 Å². The molecule has 0 aliphatic heterocycles. The predicted molar refractivity (Wildman–Crippen MR) is 111 cm³/mol. The molecule has 1 aromatic carbocycles. The summed E-state index contributed by atoms with van der Waals surface area (Å²) in [6, 6.07) is 4.99. The monoisotopic (exact) mass is 393 g/mol. The highest BCUT2D eigenvalue weighted by molar-refractivity contribution is 5.99. The van der Waals surface area contributed by atoms with Gasteiger partial charge >= 0.3 is 5.97 Å². The van der Waals surface area contributed by atoms with Crippen LogP contribution in [0.4, 0.5) is 5.69 Å². The van der Waals surface area contributed by atoms with E-state index in [1.165, 1.54) is 0 Å². The zero-order valence-corrected chi connectivity index (χ0v) is 18.1. The second-order valence-electron chi connectivity index (χ2n) is 7.24. The zero-order valence-electron chi connectivity index (χ0n) is 18.1. The number of unbranched alkanes of at least 4 members (excludes halogenated alkanes) is 1. The highest BCUT2D eigenvalue weighted by atomic mass is 16.5. The van der Waals surface area contributed by atoms with Crippen LogP contribution in [-0.2, 0) is 14.3 Å². The molecule has 0 heterocycles. The van der Waals surface area contributed by atoms with Crippen molar-refractivity contribution in [2.75, 3.05) is 18.5 Å². The lowest BCUT2D eigenvalue weighted by Crippen LogP contribution is -2.43. The van der Waals surface area contributed by atoms with Crippen molar-refractivity contribution in [3.05, 3.63) is 23.8 Å². The molecule has 1 N–H and O–H groups in total. The van der Waals surface area contributed by atoms with Gasteiger partial charge in [0.1, 0.15) is 16.9 Å². The summed E-state index contributed by atoms with van der Waals surface area (Å²) in [5.74, 6) is -0.269. The molecule has 1 atom stereocenters. The van der Waals surface area contributed by atoms with Gasteiger partial charge in [0.05, 0.1) is 12.7 Å². The summed E-state index contributed by atoms with van der Waals surface area (Å²) in [4.78, 5) is 25.3. The Morgan fingerprint density at radius 2 is 1.86 bits per heavy atom. The first kappa shape index (κ1) is 24.0. The molecule has 158 valence electrons. The second-order valence-corrected chi connectivity index (χ2v) is 7.24. The molecule has 0 aliphatic rings. The van der Waals surface area contributed by atoms with E-state index >= 15 is 0 Å². The van der Waals surface area contributed by atoms with E-state index in [2.05, 4.69) is 12.2 Å². The Morgan fingerprint density at radius 3 is 2.43 bits per heavy atom. The molecule has 28 heavy (non-hydrogen) atoms. The lowest BCUT2D eigenvalue weighted by atomic mass is 9.97. The number of amides is 1. The van der Waals surface area contributed by atoms with Crippen LogP contribution in [0.25, 0.3) is 0 Å². The predicted octanol–water partition coefficient (Wildman–Crippen LogP) is 4.96. The number of ether oxygens (including phenoxy) is 3. The van der Waals surface area contributed by atoms with Gasteiger partial charge in [0.25, 0.3) is 5.91 Å². The summed E-state index contributed by atoms with van der Waals surface area (Å²) in [5, 5.41) is 2.89. The van der Waals surface area contributed by atoms with Crippen LogP contribution >= 0.6 is 0 Å². The van der Waals surface area contributed by atoms with E-state index in [0.29, 0.717) is 24.5 Å². The lowest BCUT2D eigenvalue weighted by Gasteiger charge is -2.28. The van der Waals surface area contributed by atoms with Gasteiger partial charge in [0.15, 0.2) is 0 Å². The highest BCUT2D eigenvalue weighted by Crippen LogP contribution is 2.27. The minimum absolute atomic E-state index is 0.0894. The Hall–Kier alpha value is -2.08. The van der Waals surface area contributed by atoms with Gasteiger partial charge in [-0.15, -0.1) is 0 Å². The summed E-state index contributed by atoms with van der Waals surface area (Å²) < 4.78 is 16.7.